The van der Waals surface area contributed by atoms with Crippen LogP contribution in [-0.4, -0.2) is 54.3 Å². The van der Waals surface area contributed by atoms with E-state index in [-0.39, 0.29) is 0 Å². The van der Waals surface area contributed by atoms with Crippen LogP contribution in [0.15, 0.2) is 47.0 Å². The second-order valence-electron chi connectivity index (χ2n) is 7.49. The third-order valence-electron chi connectivity index (χ3n) is 5.30. The van der Waals surface area contributed by atoms with E-state index in [0.717, 1.165) is 63.4 Å². The van der Waals surface area contributed by atoms with Gasteiger partial charge in [0.25, 0.3) is 11.8 Å². The first-order chi connectivity index (χ1) is 15.1. The molecular weight excluding hydrogens is 457 g/mol. The van der Waals surface area contributed by atoms with Gasteiger partial charge < -0.3 is 14.7 Å². The van der Waals surface area contributed by atoms with Gasteiger partial charge in [0.05, 0.1) is 10.7 Å². The minimum Gasteiger partial charge on any atom is -0.368 e. The molecule has 31 heavy (non-hydrogen) atoms. The van der Waals surface area contributed by atoms with Gasteiger partial charge in [-0.25, -0.2) is 0 Å². The molecule has 0 aliphatic carbocycles. The molecule has 1 aliphatic rings. The molecule has 0 bridgehead atoms. The van der Waals surface area contributed by atoms with E-state index in [0.29, 0.717) is 26.9 Å². The highest BCUT2D eigenvalue weighted by atomic mass is 35.5. The zero-order valence-electron chi connectivity index (χ0n) is 17.0. The summed E-state index contributed by atoms with van der Waals surface area (Å²) in [6.45, 7) is 5.86. The molecule has 1 fully saturated rings. The molecule has 1 saturated heterocycles. The third-order valence-corrected chi connectivity index (χ3v) is 6.08. The highest BCUT2D eigenvalue weighted by Crippen LogP contribution is 2.29. The molecule has 0 atom stereocenters. The number of piperazine rings is 1. The molecular formula is C22H24Cl3N5O. The van der Waals surface area contributed by atoms with Crippen LogP contribution < -0.4 is 10.2 Å². The van der Waals surface area contributed by atoms with Crippen molar-refractivity contribution in [2.75, 3.05) is 49.5 Å². The maximum Gasteiger partial charge on any atom is 0.263 e. The molecule has 2 heterocycles. The van der Waals surface area contributed by atoms with Crippen molar-refractivity contribution < 1.29 is 4.52 Å². The van der Waals surface area contributed by atoms with Crippen LogP contribution in [0.4, 0.5) is 11.6 Å². The predicted octanol–water partition coefficient (Wildman–Crippen LogP) is 5.71. The average molecular weight is 481 g/mol. The van der Waals surface area contributed by atoms with Gasteiger partial charge in [-0.1, -0.05) is 40.9 Å². The minimum atomic E-state index is 0.462. The lowest BCUT2D eigenvalue weighted by Gasteiger charge is -2.36. The SMILES string of the molecule is Clc1cccc(-c2nc(NCCCCN3CCN(c4ccc(Cl)cc4Cl)CC3)no2)c1. The van der Waals surface area contributed by atoms with Crippen LogP contribution in [0.5, 0.6) is 0 Å². The Hall–Kier alpha value is -1.99. The number of unbranched alkanes of at least 4 members (excludes halogenated alkanes) is 1. The monoisotopic (exact) mass is 479 g/mol. The van der Waals surface area contributed by atoms with E-state index < -0.39 is 0 Å². The van der Waals surface area contributed by atoms with Crippen LogP contribution in [0.25, 0.3) is 11.5 Å². The van der Waals surface area contributed by atoms with Crippen LogP contribution in [0.3, 0.4) is 0 Å². The smallest absolute Gasteiger partial charge is 0.263 e. The van der Waals surface area contributed by atoms with Gasteiger partial charge in [-0.15, -0.1) is 0 Å². The Morgan fingerprint density at radius 2 is 1.74 bits per heavy atom. The van der Waals surface area contributed by atoms with Gasteiger partial charge in [0, 0.05) is 48.3 Å². The number of aromatic nitrogens is 2. The zero-order valence-corrected chi connectivity index (χ0v) is 19.3. The van der Waals surface area contributed by atoms with Crippen molar-refractivity contribution >= 4 is 46.4 Å². The highest BCUT2D eigenvalue weighted by Gasteiger charge is 2.18. The molecule has 9 heteroatoms. The van der Waals surface area contributed by atoms with Gasteiger partial charge in [0.2, 0.25) is 0 Å². The molecule has 0 saturated carbocycles. The quantitative estimate of drug-likeness (QED) is 0.417. The molecule has 3 aromatic rings. The summed E-state index contributed by atoms with van der Waals surface area (Å²) in [5, 5.41) is 9.23. The summed E-state index contributed by atoms with van der Waals surface area (Å²) in [5.41, 5.74) is 1.87. The lowest BCUT2D eigenvalue weighted by molar-refractivity contribution is 0.254. The summed E-state index contributed by atoms with van der Waals surface area (Å²) in [4.78, 5) is 9.19. The second kappa shape index (κ2) is 10.6. The van der Waals surface area contributed by atoms with Crippen molar-refractivity contribution in [2.45, 2.75) is 12.8 Å². The van der Waals surface area contributed by atoms with Crippen molar-refractivity contribution in [1.29, 1.82) is 0 Å². The van der Waals surface area contributed by atoms with E-state index >= 15 is 0 Å². The zero-order chi connectivity index (χ0) is 21.6. The second-order valence-corrected chi connectivity index (χ2v) is 8.77. The molecule has 1 aromatic heterocycles. The number of rotatable bonds is 8. The van der Waals surface area contributed by atoms with Crippen LogP contribution in [-0.2, 0) is 0 Å². The molecule has 0 amide bonds. The fraction of sp³-hybridized carbons (Fsp3) is 0.364. The summed E-state index contributed by atoms with van der Waals surface area (Å²) in [5.74, 6) is 0.965. The third kappa shape index (κ3) is 6.04. The number of anilines is 2. The Morgan fingerprint density at radius 1 is 0.935 bits per heavy atom. The van der Waals surface area contributed by atoms with Crippen LogP contribution >= 0.6 is 34.8 Å². The number of nitrogens with one attached hydrogen (secondary N) is 1. The minimum absolute atomic E-state index is 0.462. The average Bonchev–Trinajstić information content (AvgIpc) is 3.23. The molecule has 6 nitrogen and oxygen atoms in total. The Morgan fingerprint density at radius 3 is 2.52 bits per heavy atom. The van der Waals surface area contributed by atoms with E-state index in [9.17, 15) is 0 Å². The van der Waals surface area contributed by atoms with Gasteiger partial charge in [0.15, 0.2) is 0 Å². The maximum absolute atomic E-state index is 6.34. The van der Waals surface area contributed by atoms with Gasteiger partial charge in [0.1, 0.15) is 0 Å². The van der Waals surface area contributed by atoms with Crippen LogP contribution in [0, 0.1) is 0 Å². The Balaban J connectivity index is 1.15. The van der Waals surface area contributed by atoms with Crippen molar-refractivity contribution in [2.24, 2.45) is 0 Å². The first kappa shape index (κ1) is 22.2. The topological polar surface area (TPSA) is 57.4 Å². The molecule has 0 spiro atoms. The maximum atomic E-state index is 6.34. The summed E-state index contributed by atoms with van der Waals surface area (Å²) in [6.07, 6.45) is 2.14. The summed E-state index contributed by atoms with van der Waals surface area (Å²) >= 11 is 18.4. The van der Waals surface area contributed by atoms with E-state index in [1.165, 1.54) is 0 Å². The van der Waals surface area contributed by atoms with Gasteiger partial charge >= 0.3 is 0 Å². The van der Waals surface area contributed by atoms with Crippen molar-refractivity contribution in [1.82, 2.24) is 15.0 Å². The molecule has 1 N–H and O–H groups in total. The molecule has 2 aromatic carbocycles. The lowest BCUT2D eigenvalue weighted by atomic mass is 10.2. The number of nitrogens with zero attached hydrogens (tertiary/aromatic N) is 4. The number of benzene rings is 2. The van der Waals surface area contributed by atoms with Crippen molar-refractivity contribution in [3.8, 4) is 11.5 Å². The molecule has 1 aliphatic heterocycles. The van der Waals surface area contributed by atoms with Gasteiger partial charge in [-0.2, -0.15) is 4.98 Å². The standard InChI is InChI=1S/C22H24Cl3N5O/c23-17-5-3-4-16(14-17)21-27-22(28-31-21)26-8-1-2-9-29-10-12-30(13-11-29)20-7-6-18(24)15-19(20)25/h3-7,14-15H,1-2,8-13H2,(H,26,28). The summed E-state index contributed by atoms with van der Waals surface area (Å²) in [6, 6.07) is 13.1. The normalized spacial score (nSPS) is 14.7. The molecule has 0 radical (unpaired) electrons. The fourth-order valence-corrected chi connectivity index (χ4v) is 4.36. The summed E-state index contributed by atoms with van der Waals surface area (Å²) in [7, 11) is 0. The van der Waals surface area contributed by atoms with Crippen LogP contribution in [0.2, 0.25) is 15.1 Å². The van der Waals surface area contributed by atoms with Crippen LogP contribution in [0.1, 0.15) is 12.8 Å². The highest BCUT2D eigenvalue weighted by molar-refractivity contribution is 6.36. The van der Waals surface area contributed by atoms with Crippen molar-refractivity contribution in [3.63, 3.8) is 0 Å². The van der Waals surface area contributed by atoms with E-state index in [2.05, 4.69) is 25.3 Å². The number of halogens is 3. The Labute approximate surface area is 197 Å². The van der Waals surface area contributed by atoms with Crippen molar-refractivity contribution in [3.05, 3.63) is 57.5 Å². The summed E-state index contributed by atoms with van der Waals surface area (Å²) < 4.78 is 5.31. The fourth-order valence-electron chi connectivity index (χ4n) is 3.64. The first-order valence-electron chi connectivity index (χ1n) is 10.3. The number of hydrogen-bond donors (Lipinski definition) is 1. The van der Waals surface area contributed by atoms with Gasteiger partial charge in [-0.3, -0.25) is 4.90 Å². The molecule has 4 rings (SSSR count). The van der Waals surface area contributed by atoms with E-state index in [1.54, 1.807) is 12.1 Å². The van der Waals surface area contributed by atoms with E-state index in [1.807, 2.05) is 30.3 Å². The largest absolute Gasteiger partial charge is 0.368 e. The Bertz CT molecular complexity index is 1000. The predicted molar refractivity (Wildman–Crippen MR) is 128 cm³/mol. The molecule has 164 valence electrons. The Kier molecular flexibility index (Phi) is 7.56. The first-order valence-corrected chi connectivity index (χ1v) is 11.5. The van der Waals surface area contributed by atoms with Gasteiger partial charge in [-0.05, 0) is 60.9 Å². The van der Waals surface area contributed by atoms with E-state index in [4.69, 9.17) is 39.3 Å². The molecule has 0 unspecified atom stereocenters. The lowest BCUT2D eigenvalue weighted by Crippen LogP contribution is -2.46. The number of hydrogen-bond acceptors (Lipinski definition) is 6.